The Hall–Kier alpha value is -2.95. The van der Waals surface area contributed by atoms with Crippen molar-refractivity contribution in [2.75, 3.05) is 0 Å². The zero-order chi connectivity index (χ0) is 17.5. The fourth-order valence-electron chi connectivity index (χ4n) is 2.55. The normalized spacial score (nSPS) is 11.9. The number of ether oxygens (including phenoxy) is 1. The molecule has 128 valence electrons. The first-order chi connectivity index (χ1) is 12.2. The first-order valence-corrected chi connectivity index (χ1v) is 8.34. The first kappa shape index (κ1) is 16.9. The van der Waals surface area contributed by atoms with Crippen LogP contribution < -0.4 is 0 Å². The molecule has 3 rings (SSSR count). The monoisotopic (exact) mass is 335 g/mol. The number of carbonyl (C=O) groups is 1. The van der Waals surface area contributed by atoms with Crippen LogP contribution in [-0.4, -0.2) is 21.0 Å². The van der Waals surface area contributed by atoms with E-state index in [0.29, 0.717) is 19.6 Å². The largest absolute Gasteiger partial charge is 0.461 e. The average Bonchev–Trinajstić information content (AvgIpc) is 3.08. The zero-order valence-electron chi connectivity index (χ0n) is 14.2. The molecule has 1 aromatic heterocycles. The Morgan fingerprint density at radius 2 is 1.68 bits per heavy atom. The highest BCUT2D eigenvalue weighted by Gasteiger charge is 2.17. The fourth-order valence-corrected chi connectivity index (χ4v) is 2.55. The summed E-state index contributed by atoms with van der Waals surface area (Å²) in [6.07, 6.45) is 2.40. The van der Waals surface area contributed by atoms with Gasteiger partial charge in [-0.15, -0.1) is 5.10 Å². The number of nitrogens with zero attached hydrogens (tertiary/aromatic N) is 3. The molecule has 0 unspecified atom stereocenters. The second-order valence-corrected chi connectivity index (χ2v) is 6.09. The van der Waals surface area contributed by atoms with E-state index in [-0.39, 0.29) is 11.9 Å². The molecule has 2 aromatic carbocycles. The smallest absolute Gasteiger partial charge is 0.309 e. The SMILES string of the molecule is C[C@@H](Cc1cn(Cc2ccccc2)nn1)C(=O)OCc1ccccc1. The predicted octanol–water partition coefficient (Wildman–Crippen LogP) is 3.25. The third kappa shape index (κ3) is 5.01. The van der Waals surface area contributed by atoms with E-state index in [4.69, 9.17) is 4.74 Å². The summed E-state index contributed by atoms with van der Waals surface area (Å²) in [6.45, 7) is 2.81. The standard InChI is InChI=1S/C20H21N3O2/c1-16(20(24)25-15-18-10-6-3-7-11-18)12-19-14-23(22-21-19)13-17-8-4-2-5-9-17/h2-11,14,16H,12-13,15H2,1H3/t16-/m0/s1. The molecular weight excluding hydrogens is 314 g/mol. The first-order valence-electron chi connectivity index (χ1n) is 8.34. The molecular formula is C20H21N3O2. The summed E-state index contributed by atoms with van der Waals surface area (Å²) >= 11 is 0. The molecule has 3 aromatic rings. The Morgan fingerprint density at radius 1 is 1.04 bits per heavy atom. The number of hydrogen-bond acceptors (Lipinski definition) is 4. The number of hydrogen-bond donors (Lipinski definition) is 0. The van der Waals surface area contributed by atoms with Gasteiger partial charge < -0.3 is 4.74 Å². The van der Waals surface area contributed by atoms with Crippen molar-refractivity contribution < 1.29 is 9.53 Å². The molecule has 0 aliphatic heterocycles. The number of benzene rings is 2. The van der Waals surface area contributed by atoms with Gasteiger partial charge in [0.1, 0.15) is 6.61 Å². The molecule has 1 heterocycles. The lowest BCUT2D eigenvalue weighted by Gasteiger charge is -2.10. The summed E-state index contributed by atoms with van der Waals surface area (Å²) in [5.41, 5.74) is 2.94. The maximum atomic E-state index is 12.1. The third-order valence-corrected chi connectivity index (χ3v) is 3.92. The van der Waals surface area contributed by atoms with Gasteiger partial charge in [0.15, 0.2) is 0 Å². The number of carbonyl (C=O) groups excluding carboxylic acids is 1. The van der Waals surface area contributed by atoms with E-state index >= 15 is 0 Å². The van der Waals surface area contributed by atoms with Crippen molar-refractivity contribution in [2.45, 2.75) is 26.5 Å². The molecule has 5 nitrogen and oxygen atoms in total. The summed E-state index contributed by atoms with van der Waals surface area (Å²) < 4.78 is 7.16. The van der Waals surface area contributed by atoms with Gasteiger partial charge in [-0.2, -0.15) is 0 Å². The molecule has 0 spiro atoms. The van der Waals surface area contributed by atoms with Gasteiger partial charge in [-0.25, -0.2) is 4.68 Å². The van der Waals surface area contributed by atoms with Crippen LogP contribution in [0.1, 0.15) is 23.7 Å². The van der Waals surface area contributed by atoms with Gasteiger partial charge in [-0.3, -0.25) is 4.79 Å². The van der Waals surface area contributed by atoms with Crippen LogP contribution in [0.25, 0.3) is 0 Å². The van der Waals surface area contributed by atoms with Crippen molar-refractivity contribution in [3.05, 3.63) is 83.7 Å². The highest BCUT2D eigenvalue weighted by Crippen LogP contribution is 2.10. The van der Waals surface area contributed by atoms with E-state index in [9.17, 15) is 4.79 Å². The van der Waals surface area contributed by atoms with Crippen LogP contribution in [0.4, 0.5) is 0 Å². The van der Waals surface area contributed by atoms with E-state index in [2.05, 4.69) is 10.3 Å². The number of esters is 1. The van der Waals surface area contributed by atoms with Crippen molar-refractivity contribution in [3.63, 3.8) is 0 Å². The van der Waals surface area contributed by atoms with Gasteiger partial charge in [-0.05, 0) is 11.1 Å². The lowest BCUT2D eigenvalue weighted by Crippen LogP contribution is -2.17. The molecule has 25 heavy (non-hydrogen) atoms. The third-order valence-electron chi connectivity index (χ3n) is 3.92. The molecule has 5 heteroatoms. The Bertz CT molecular complexity index is 800. The van der Waals surface area contributed by atoms with Gasteiger partial charge in [0.05, 0.1) is 18.2 Å². The molecule has 0 saturated heterocycles. The van der Waals surface area contributed by atoms with E-state index in [1.165, 1.54) is 0 Å². The Kier molecular flexibility index (Phi) is 5.57. The zero-order valence-corrected chi connectivity index (χ0v) is 14.2. The van der Waals surface area contributed by atoms with Crippen LogP contribution in [0.15, 0.2) is 66.9 Å². The molecule has 0 N–H and O–H groups in total. The van der Waals surface area contributed by atoms with Crippen LogP contribution in [0.2, 0.25) is 0 Å². The highest BCUT2D eigenvalue weighted by atomic mass is 16.5. The topological polar surface area (TPSA) is 57.0 Å². The van der Waals surface area contributed by atoms with Crippen molar-refractivity contribution >= 4 is 5.97 Å². The van der Waals surface area contributed by atoms with Crippen molar-refractivity contribution in [2.24, 2.45) is 5.92 Å². The fraction of sp³-hybridized carbons (Fsp3) is 0.250. The molecule has 0 aliphatic carbocycles. The minimum Gasteiger partial charge on any atom is -0.461 e. The van der Waals surface area contributed by atoms with Crippen LogP contribution in [0.5, 0.6) is 0 Å². The average molecular weight is 335 g/mol. The van der Waals surface area contributed by atoms with E-state index in [1.54, 1.807) is 4.68 Å². The Morgan fingerprint density at radius 3 is 2.36 bits per heavy atom. The van der Waals surface area contributed by atoms with Gasteiger partial charge in [-0.1, -0.05) is 72.8 Å². The summed E-state index contributed by atoms with van der Waals surface area (Å²) in [6, 6.07) is 19.7. The predicted molar refractivity (Wildman–Crippen MR) is 94.7 cm³/mol. The Labute approximate surface area is 147 Å². The van der Waals surface area contributed by atoms with E-state index in [1.807, 2.05) is 73.8 Å². The van der Waals surface area contributed by atoms with Crippen LogP contribution in [0, 0.1) is 5.92 Å². The molecule has 0 fully saturated rings. The minimum atomic E-state index is -0.259. The van der Waals surface area contributed by atoms with Gasteiger partial charge in [0.2, 0.25) is 0 Å². The van der Waals surface area contributed by atoms with Crippen molar-refractivity contribution in [1.29, 1.82) is 0 Å². The quantitative estimate of drug-likeness (QED) is 0.622. The second-order valence-electron chi connectivity index (χ2n) is 6.09. The number of aromatic nitrogens is 3. The molecule has 0 radical (unpaired) electrons. The van der Waals surface area contributed by atoms with Crippen LogP contribution in [0.3, 0.4) is 0 Å². The maximum Gasteiger partial charge on any atom is 0.309 e. The summed E-state index contributed by atoms with van der Waals surface area (Å²) in [5, 5.41) is 8.29. The van der Waals surface area contributed by atoms with Crippen molar-refractivity contribution in [1.82, 2.24) is 15.0 Å². The lowest BCUT2D eigenvalue weighted by atomic mass is 10.1. The van der Waals surface area contributed by atoms with Gasteiger partial charge in [0, 0.05) is 12.6 Å². The maximum absolute atomic E-state index is 12.1. The summed E-state index contributed by atoms with van der Waals surface area (Å²) in [5.74, 6) is -0.480. The minimum absolute atomic E-state index is 0.221. The molecule has 0 saturated carbocycles. The van der Waals surface area contributed by atoms with Crippen LogP contribution in [-0.2, 0) is 29.1 Å². The summed E-state index contributed by atoms with van der Waals surface area (Å²) in [4.78, 5) is 12.1. The second kappa shape index (κ2) is 8.24. The van der Waals surface area contributed by atoms with E-state index < -0.39 is 0 Å². The summed E-state index contributed by atoms with van der Waals surface area (Å²) in [7, 11) is 0. The number of rotatable bonds is 7. The Balaban J connectivity index is 1.50. The van der Waals surface area contributed by atoms with Crippen LogP contribution >= 0.6 is 0 Å². The van der Waals surface area contributed by atoms with Gasteiger partial charge in [0.25, 0.3) is 0 Å². The molecule has 0 bridgehead atoms. The van der Waals surface area contributed by atoms with Crippen molar-refractivity contribution in [3.8, 4) is 0 Å². The van der Waals surface area contributed by atoms with Gasteiger partial charge >= 0.3 is 5.97 Å². The molecule has 1 atom stereocenters. The molecule has 0 amide bonds. The van der Waals surface area contributed by atoms with E-state index in [0.717, 1.165) is 16.8 Å². The lowest BCUT2D eigenvalue weighted by molar-refractivity contribution is -0.149. The highest BCUT2D eigenvalue weighted by molar-refractivity contribution is 5.72. The molecule has 0 aliphatic rings.